The van der Waals surface area contributed by atoms with Gasteiger partial charge in [0.25, 0.3) is 5.91 Å². The maximum atomic E-state index is 14.2. The zero-order chi connectivity index (χ0) is 25.6. The molecular weight excluding hydrogens is 462 g/mol. The van der Waals surface area contributed by atoms with Crippen LogP contribution in [0.4, 0.5) is 0 Å². The van der Waals surface area contributed by atoms with Crippen molar-refractivity contribution in [3.05, 3.63) is 101 Å². The number of aromatic nitrogens is 1. The predicted molar refractivity (Wildman–Crippen MR) is 144 cm³/mol. The Balaban J connectivity index is 1.41. The van der Waals surface area contributed by atoms with Crippen LogP contribution in [0.1, 0.15) is 41.6 Å². The maximum absolute atomic E-state index is 14.2. The van der Waals surface area contributed by atoms with Crippen LogP contribution in [0.3, 0.4) is 0 Å². The lowest BCUT2D eigenvalue weighted by Gasteiger charge is -2.51. The molecule has 3 aromatic carbocycles. The molecule has 4 aromatic rings. The van der Waals surface area contributed by atoms with Crippen LogP contribution in [0.25, 0.3) is 10.9 Å². The molecule has 0 radical (unpaired) electrons. The van der Waals surface area contributed by atoms with Crippen molar-refractivity contribution in [3.8, 4) is 5.75 Å². The molecule has 1 aromatic heterocycles. The number of aromatic amines is 1. The molecule has 0 unspecified atom stereocenters. The summed E-state index contributed by atoms with van der Waals surface area (Å²) in [6, 6.07) is 26.4. The van der Waals surface area contributed by atoms with Gasteiger partial charge in [0, 0.05) is 35.5 Å². The number of methoxy groups -OCH3 is 1. The van der Waals surface area contributed by atoms with Gasteiger partial charge >= 0.3 is 0 Å². The summed E-state index contributed by atoms with van der Waals surface area (Å²) in [5.41, 5.74) is 4.02. The number of amides is 2. The number of para-hydroxylation sites is 2. The summed E-state index contributed by atoms with van der Waals surface area (Å²) in [5.74, 6) is 0.625. The van der Waals surface area contributed by atoms with Gasteiger partial charge in [-0.1, -0.05) is 66.7 Å². The second-order valence-electron chi connectivity index (χ2n) is 10.1. The second kappa shape index (κ2) is 9.11. The zero-order valence-electron chi connectivity index (χ0n) is 21.2. The lowest BCUT2D eigenvalue weighted by atomic mass is 9.76. The maximum Gasteiger partial charge on any atom is 0.254 e. The number of rotatable bonds is 6. The molecule has 1 fully saturated rings. The second-order valence-corrected chi connectivity index (χ2v) is 10.1. The van der Waals surface area contributed by atoms with E-state index < -0.39 is 5.54 Å². The van der Waals surface area contributed by atoms with Crippen molar-refractivity contribution in [2.24, 2.45) is 0 Å². The average Bonchev–Trinajstić information content (AvgIpc) is 3.33. The number of carbonyl (C=O) groups excluding carboxylic acids is 2. The van der Waals surface area contributed by atoms with E-state index in [0.29, 0.717) is 13.1 Å². The molecule has 0 spiro atoms. The first-order valence-electron chi connectivity index (χ1n) is 12.9. The Kier molecular flexibility index (Phi) is 5.75. The van der Waals surface area contributed by atoms with Gasteiger partial charge in [-0.3, -0.25) is 9.59 Å². The molecule has 2 amide bonds. The van der Waals surface area contributed by atoms with E-state index in [1.165, 1.54) is 5.56 Å². The SMILES string of the molecule is COc1ccccc1[C@H]1CN2C(=O)CN(CCCc3ccccc3)C(=O)[C@]2(C)c2[nH]c3ccccc3c21. The summed E-state index contributed by atoms with van der Waals surface area (Å²) in [4.78, 5) is 34.9. The summed E-state index contributed by atoms with van der Waals surface area (Å²) < 4.78 is 5.72. The Morgan fingerprint density at radius 3 is 2.51 bits per heavy atom. The number of carbonyl (C=O) groups is 2. The molecule has 6 nitrogen and oxygen atoms in total. The van der Waals surface area contributed by atoms with E-state index in [9.17, 15) is 9.59 Å². The molecule has 6 rings (SSSR count). The van der Waals surface area contributed by atoms with E-state index in [0.717, 1.165) is 46.3 Å². The highest BCUT2D eigenvalue weighted by molar-refractivity contribution is 6.01. The highest BCUT2D eigenvalue weighted by Gasteiger charge is 2.56. The lowest BCUT2D eigenvalue weighted by molar-refractivity contribution is -0.166. The quantitative estimate of drug-likeness (QED) is 0.418. The van der Waals surface area contributed by atoms with Crippen molar-refractivity contribution in [2.45, 2.75) is 31.2 Å². The Bertz CT molecular complexity index is 1480. The number of piperazine rings is 1. The van der Waals surface area contributed by atoms with Gasteiger partial charge in [0.05, 0.1) is 19.3 Å². The van der Waals surface area contributed by atoms with Crippen LogP contribution < -0.4 is 4.74 Å². The molecule has 2 aliphatic heterocycles. The molecular formula is C31H31N3O3. The fourth-order valence-corrected chi connectivity index (χ4v) is 6.21. The number of nitrogens with one attached hydrogen (secondary N) is 1. The smallest absolute Gasteiger partial charge is 0.254 e. The minimum absolute atomic E-state index is 0.0218. The normalized spacial score (nSPS) is 21.2. The Morgan fingerprint density at radius 2 is 1.70 bits per heavy atom. The van der Waals surface area contributed by atoms with Crippen LogP contribution in [0.15, 0.2) is 78.9 Å². The van der Waals surface area contributed by atoms with Gasteiger partial charge in [-0.2, -0.15) is 0 Å². The van der Waals surface area contributed by atoms with E-state index in [2.05, 4.69) is 29.2 Å². The number of hydrogen-bond donors (Lipinski definition) is 1. The van der Waals surface area contributed by atoms with Gasteiger partial charge in [-0.15, -0.1) is 0 Å². The summed E-state index contributed by atoms with van der Waals surface area (Å²) in [6.45, 7) is 2.99. The van der Waals surface area contributed by atoms with Crippen LogP contribution >= 0.6 is 0 Å². The fourth-order valence-electron chi connectivity index (χ4n) is 6.21. The molecule has 3 heterocycles. The molecule has 2 aliphatic rings. The zero-order valence-corrected chi connectivity index (χ0v) is 21.2. The molecule has 6 heteroatoms. The summed E-state index contributed by atoms with van der Waals surface area (Å²) in [7, 11) is 1.67. The lowest BCUT2D eigenvalue weighted by Crippen LogP contribution is -2.67. The largest absolute Gasteiger partial charge is 0.496 e. The first-order valence-corrected chi connectivity index (χ1v) is 12.9. The van der Waals surface area contributed by atoms with Crippen LogP contribution in [0, 0.1) is 0 Å². The van der Waals surface area contributed by atoms with Crippen LogP contribution in [-0.4, -0.2) is 53.3 Å². The molecule has 1 saturated heterocycles. The van der Waals surface area contributed by atoms with Crippen molar-refractivity contribution in [2.75, 3.05) is 26.7 Å². The van der Waals surface area contributed by atoms with E-state index in [1.807, 2.05) is 61.5 Å². The van der Waals surface area contributed by atoms with Gasteiger partial charge in [0.1, 0.15) is 5.75 Å². The van der Waals surface area contributed by atoms with Gasteiger partial charge in [-0.25, -0.2) is 0 Å². The summed E-state index contributed by atoms with van der Waals surface area (Å²) in [6.07, 6.45) is 1.68. The van der Waals surface area contributed by atoms with Crippen molar-refractivity contribution in [1.82, 2.24) is 14.8 Å². The summed E-state index contributed by atoms with van der Waals surface area (Å²) in [5, 5.41) is 1.08. The molecule has 0 bridgehead atoms. The standard InChI is InChI=1S/C31H31N3O3/c1-31-29-28(23-15-6-8-16-25(23)32-29)24(22-14-7-9-17-26(22)37-2)19-34(31)27(35)20-33(30(31)36)18-10-13-21-11-4-3-5-12-21/h3-9,11-12,14-17,24,32H,10,13,18-20H2,1-2H3/t24-,31+/m1/s1. The third-order valence-corrected chi connectivity index (χ3v) is 8.07. The van der Waals surface area contributed by atoms with Crippen molar-refractivity contribution >= 4 is 22.7 Å². The Labute approximate surface area is 216 Å². The fraction of sp³-hybridized carbons (Fsp3) is 0.290. The summed E-state index contributed by atoms with van der Waals surface area (Å²) >= 11 is 0. The third kappa shape index (κ3) is 3.70. The third-order valence-electron chi connectivity index (χ3n) is 8.07. The minimum atomic E-state index is -1.09. The molecule has 1 N–H and O–H groups in total. The first kappa shape index (κ1) is 23.3. The molecule has 0 saturated carbocycles. The van der Waals surface area contributed by atoms with Crippen LogP contribution in [0.2, 0.25) is 0 Å². The average molecular weight is 494 g/mol. The Hall–Kier alpha value is -4.06. The number of fused-ring (bicyclic) bond motifs is 5. The highest BCUT2D eigenvalue weighted by Crippen LogP contribution is 2.49. The number of H-pyrrole nitrogens is 1. The molecule has 0 aliphatic carbocycles. The van der Waals surface area contributed by atoms with Gasteiger partial charge in [0.15, 0.2) is 5.54 Å². The topological polar surface area (TPSA) is 65.6 Å². The first-order chi connectivity index (χ1) is 18.0. The van der Waals surface area contributed by atoms with Crippen LogP contribution in [-0.2, 0) is 21.5 Å². The van der Waals surface area contributed by atoms with Crippen molar-refractivity contribution < 1.29 is 14.3 Å². The Morgan fingerprint density at radius 1 is 0.973 bits per heavy atom. The van der Waals surface area contributed by atoms with E-state index in [4.69, 9.17) is 4.74 Å². The highest BCUT2D eigenvalue weighted by atomic mass is 16.5. The number of aryl methyl sites for hydroxylation is 1. The van der Waals surface area contributed by atoms with Gasteiger partial charge < -0.3 is 19.5 Å². The molecule has 188 valence electrons. The monoisotopic (exact) mass is 493 g/mol. The van der Waals surface area contributed by atoms with E-state index >= 15 is 0 Å². The molecule has 37 heavy (non-hydrogen) atoms. The van der Waals surface area contributed by atoms with E-state index in [1.54, 1.807) is 16.9 Å². The predicted octanol–water partition coefficient (Wildman–Crippen LogP) is 4.84. The number of ether oxygens (including phenoxy) is 1. The number of benzene rings is 3. The van der Waals surface area contributed by atoms with Crippen molar-refractivity contribution in [1.29, 1.82) is 0 Å². The van der Waals surface area contributed by atoms with E-state index in [-0.39, 0.29) is 24.3 Å². The van der Waals surface area contributed by atoms with Gasteiger partial charge in [0.2, 0.25) is 5.91 Å². The minimum Gasteiger partial charge on any atom is -0.496 e. The number of nitrogens with zero attached hydrogens (tertiary/aromatic N) is 2. The van der Waals surface area contributed by atoms with Gasteiger partial charge in [-0.05, 0) is 43.0 Å². The molecule has 2 atom stereocenters. The number of hydrogen-bond acceptors (Lipinski definition) is 3. The van der Waals surface area contributed by atoms with Crippen molar-refractivity contribution in [3.63, 3.8) is 0 Å². The van der Waals surface area contributed by atoms with Crippen LogP contribution in [0.5, 0.6) is 5.75 Å².